The van der Waals surface area contributed by atoms with E-state index in [0.29, 0.717) is 17.1 Å². The van der Waals surface area contributed by atoms with Crippen LogP contribution in [-0.2, 0) is 11.8 Å². The number of pyridine rings is 1. The third-order valence-electron chi connectivity index (χ3n) is 5.42. The normalized spacial score (nSPS) is 12.1. The van der Waals surface area contributed by atoms with Gasteiger partial charge in [0.25, 0.3) is 5.56 Å². The molecular formula is C24H21N3Na2O7. The minimum atomic E-state index is -1.38. The molecular weight excluding hydrogens is 488 g/mol. The van der Waals surface area contributed by atoms with Crippen LogP contribution < -0.4 is 95.0 Å². The maximum atomic E-state index is 12.6. The molecule has 0 bridgehead atoms. The number of rotatable bonds is 6. The first kappa shape index (κ1) is 29.8. The summed E-state index contributed by atoms with van der Waals surface area (Å²) in [7, 11) is 1.46. The largest absolute Gasteiger partial charge is 1.00 e. The van der Waals surface area contributed by atoms with Crippen LogP contribution >= 0.6 is 0 Å². The first-order valence-electron chi connectivity index (χ1n) is 10.4. The van der Waals surface area contributed by atoms with Gasteiger partial charge in [-0.05, 0) is 47.4 Å². The van der Waals surface area contributed by atoms with Crippen molar-refractivity contribution in [2.45, 2.75) is 19.4 Å². The molecule has 176 valence electrons. The molecule has 12 heteroatoms. The molecule has 3 aromatic rings. The third kappa shape index (κ3) is 6.64. The topological polar surface area (TPSA) is 145 Å². The summed E-state index contributed by atoms with van der Waals surface area (Å²) < 4.78 is 11.9. The van der Waals surface area contributed by atoms with Crippen molar-refractivity contribution in [3.63, 3.8) is 0 Å². The van der Waals surface area contributed by atoms with Crippen molar-refractivity contribution < 1.29 is 88.4 Å². The maximum Gasteiger partial charge on any atom is 1.00 e. The van der Waals surface area contributed by atoms with Crippen LogP contribution in [0.25, 0.3) is 11.1 Å². The predicted octanol–water partition coefficient (Wildman–Crippen LogP) is -4.83. The first-order valence-corrected chi connectivity index (χ1v) is 10.4. The SMILES string of the molecule is Cc1cn(C)c(=O)c(NC(=O)N[C@@H](CC(=O)[O-])c2cccc(-c3ccc4c(c3)OCO4)c2)c1[O-].[Na+].[Na+]. The molecule has 0 radical (unpaired) electrons. The Balaban J connectivity index is 0.00000228. The Morgan fingerprint density at radius 3 is 2.50 bits per heavy atom. The Bertz CT molecular complexity index is 1340. The number of hydrogen-bond acceptors (Lipinski definition) is 7. The van der Waals surface area contributed by atoms with E-state index in [1.54, 1.807) is 30.3 Å². The number of aromatic nitrogens is 1. The number of carbonyl (C=O) groups is 2. The number of nitrogens with one attached hydrogen (secondary N) is 2. The van der Waals surface area contributed by atoms with Crippen molar-refractivity contribution in [2.75, 3.05) is 12.1 Å². The molecule has 0 spiro atoms. The monoisotopic (exact) mass is 509 g/mol. The van der Waals surface area contributed by atoms with Crippen LogP contribution in [0.15, 0.2) is 53.5 Å². The maximum absolute atomic E-state index is 12.6. The Labute approximate surface area is 251 Å². The number of carbonyl (C=O) groups excluding carboxylic acids is 2. The third-order valence-corrected chi connectivity index (χ3v) is 5.42. The molecule has 1 aliphatic heterocycles. The summed E-state index contributed by atoms with van der Waals surface area (Å²) in [6, 6.07) is 10.5. The molecule has 2 aromatic carbocycles. The minimum absolute atomic E-state index is 0. The number of amides is 2. The molecule has 0 aliphatic carbocycles. The summed E-state index contributed by atoms with van der Waals surface area (Å²) in [6.45, 7) is 1.66. The van der Waals surface area contributed by atoms with Crippen molar-refractivity contribution in [1.29, 1.82) is 0 Å². The van der Waals surface area contributed by atoms with Crippen molar-refractivity contribution in [3.8, 4) is 28.4 Å². The average Bonchev–Trinajstić information content (AvgIpc) is 3.28. The Morgan fingerprint density at radius 1 is 1.08 bits per heavy atom. The van der Waals surface area contributed by atoms with Gasteiger partial charge < -0.3 is 39.7 Å². The summed E-state index contributed by atoms with van der Waals surface area (Å²) >= 11 is 0. The van der Waals surface area contributed by atoms with Gasteiger partial charge in [0.15, 0.2) is 11.5 Å². The molecule has 2 amide bonds. The average molecular weight is 509 g/mol. The van der Waals surface area contributed by atoms with Gasteiger partial charge in [0, 0.05) is 25.6 Å². The van der Waals surface area contributed by atoms with E-state index in [1.807, 2.05) is 12.1 Å². The van der Waals surface area contributed by atoms with E-state index in [1.165, 1.54) is 24.7 Å². The number of anilines is 1. The van der Waals surface area contributed by atoms with E-state index in [9.17, 15) is 24.6 Å². The van der Waals surface area contributed by atoms with Crippen LogP contribution in [-0.4, -0.2) is 23.4 Å². The van der Waals surface area contributed by atoms with Gasteiger partial charge in [-0.25, -0.2) is 4.79 Å². The number of fused-ring (bicyclic) bond motifs is 1. The van der Waals surface area contributed by atoms with E-state index in [2.05, 4.69) is 10.6 Å². The second-order valence-corrected chi connectivity index (χ2v) is 7.85. The first-order chi connectivity index (χ1) is 16.2. The van der Waals surface area contributed by atoms with Gasteiger partial charge in [-0.15, -0.1) is 0 Å². The van der Waals surface area contributed by atoms with E-state index in [0.717, 1.165) is 11.1 Å². The number of nitrogens with zero attached hydrogens (tertiary/aromatic N) is 1. The van der Waals surface area contributed by atoms with Crippen LogP contribution in [0.4, 0.5) is 10.5 Å². The van der Waals surface area contributed by atoms with Crippen LogP contribution in [0.5, 0.6) is 17.2 Å². The summed E-state index contributed by atoms with van der Waals surface area (Å²) in [5.41, 5.74) is 1.25. The number of ether oxygens (including phenoxy) is 2. The molecule has 2 N–H and O–H groups in total. The van der Waals surface area contributed by atoms with Gasteiger partial charge in [0.05, 0.1) is 6.04 Å². The van der Waals surface area contributed by atoms with Crippen LogP contribution in [0.3, 0.4) is 0 Å². The molecule has 0 saturated carbocycles. The molecule has 0 saturated heterocycles. The molecule has 4 rings (SSSR count). The fourth-order valence-electron chi connectivity index (χ4n) is 3.73. The summed E-state index contributed by atoms with van der Waals surface area (Å²) in [4.78, 5) is 36.3. The molecule has 1 atom stereocenters. The van der Waals surface area contributed by atoms with Gasteiger partial charge in [0.1, 0.15) is 5.69 Å². The zero-order valence-electron chi connectivity index (χ0n) is 20.4. The van der Waals surface area contributed by atoms with Crippen molar-refractivity contribution in [1.82, 2.24) is 9.88 Å². The summed E-state index contributed by atoms with van der Waals surface area (Å²) in [5.74, 6) is -0.762. The van der Waals surface area contributed by atoms with E-state index >= 15 is 0 Å². The van der Waals surface area contributed by atoms with Crippen molar-refractivity contribution in [2.24, 2.45) is 7.05 Å². The zero-order valence-corrected chi connectivity index (χ0v) is 24.4. The summed E-state index contributed by atoms with van der Waals surface area (Å²) in [5, 5.41) is 28.5. The molecule has 0 fully saturated rings. The Kier molecular flexibility index (Phi) is 10.5. The Morgan fingerprint density at radius 2 is 1.78 bits per heavy atom. The zero-order chi connectivity index (χ0) is 24.4. The molecule has 36 heavy (non-hydrogen) atoms. The number of aliphatic carboxylic acids is 1. The smallest absolute Gasteiger partial charge is 0.871 e. The van der Waals surface area contributed by atoms with E-state index in [-0.39, 0.29) is 71.5 Å². The van der Waals surface area contributed by atoms with E-state index < -0.39 is 41.5 Å². The quantitative estimate of drug-likeness (QED) is 0.317. The van der Waals surface area contributed by atoms with Gasteiger partial charge in [-0.3, -0.25) is 4.79 Å². The van der Waals surface area contributed by atoms with Gasteiger partial charge in [0.2, 0.25) is 6.79 Å². The van der Waals surface area contributed by atoms with Crippen LogP contribution in [0, 0.1) is 6.92 Å². The number of urea groups is 1. The van der Waals surface area contributed by atoms with Crippen molar-refractivity contribution >= 4 is 17.7 Å². The molecule has 0 unspecified atom stereocenters. The Hall–Kier alpha value is -2.47. The molecule has 10 nitrogen and oxygen atoms in total. The summed E-state index contributed by atoms with van der Waals surface area (Å²) in [6.07, 6.45) is 0.850. The predicted molar refractivity (Wildman–Crippen MR) is 118 cm³/mol. The van der Waals surface area contributed by atoms with E-state index in [4.69, 9.17) is 9.47 Å². The number of hydrogen-bond donors (Lipinski definition) is 2. The van der Waals surface area contributed by atoms with Gasteiger partial charge in [-0.1, -0.05) is 30.0 Å². The molecule has 1 aliphatic rings. The molecule has 1 aromatic heterocycles. The van der Waals surface area contributed by atoms with Crippen LogP contribution in [0.1, 0.15) is 23.6 Å². The number of benzene rings is 2. The van der Waals surface area contributed by atoms with Crippen molar-refractivity contribution in [3.05, 3.63) is 70.1 Å². The number of aryl methyl sites for hydroxylation is 2. The van der Waals surface area contributed by atoms with Crippen LogP contribution in [0.2, 0.25) is 0 Å². The van der Waals surface area contributed by atoms with Gasteiger partial charge in [-0.2, -0.15) is 0 Å². The minimum Gasteiger partial charge on any atom is -0.871 e. The number of carboxylic acids is 1. The fourth-order valence-corrected chi connectivity index (χ4v) is 3.73. The second kappa shape index (κ2) is 12.7. The number of carboxylic acid groups (broad SMARTS) is 1. The van der Waals surface area contributed by atoms with Gasteiger partial charge >= 0.3 is 65.1 Å². The standard InChI is InChI=1S/C24H23N3O7.2Na/c1-13-11-27(2)23(31)21(22(13)30)26-24(32)25-17(10-20(28)29)16-5-3-4-14(8-16)15-6-7-18-19(9-15)34-12-33-18;;/h3-9,11,17,30H,10,12H2,1-2H3,(H,28,29)(H2,25,26,32);;/q;2*+1/p-2/t17-;;/m0../s1. The fraction of sp³-hybridized carbons (Fsp3) is 0.208. The molecule has 2 heterocycles. The second-order valence-electron chi connectivity index (χ2n) is 7.85.